The van der Waals surface area contributed by atoms with Crippen LogP contribution in [0.2, 0.25) is 0 Å². The number of aliphatic hydroxyl groups is 1. The number of carbonyl (C=O) groups excluding carboxylic acids is 2. The van der Waals surface area contributed by atoms with Crippen molar-refractivity contribution in [2.75, 3.05) is 19.8 Å². The van der Waals surface area contributed by atoms with Crippen LogP contribution in [0.4, 0.5) is 0 Å². The summed E-state index contributed by atoms with van der Waals surface area (Å²) in [5.41, 5.74) is 0.158. The van der Waals surface area contributed by atoms with Crippen molar-refractivity contribution >= 4 is 29.8 Å². The van der Waals surface area contributed by atoms with Crippen molar-refractivity contribution in [1.82, 2.24) is 10.6 Å². The smallest absolute Gasteiger partial charge is 0.305 e. The number of esters is 1. The van der Waals surface area contributed by atoms with E-state index in [0.29, 0.717) is 32.4 Å². The van der Waals surface area contributed by atoms with Crippen LogP contribution in [0.5, 0.6) is 0 Å². The SMILES string of the molecule is CCCCCCCCCCCCCC(=O)OCCCCNC1(CO)N=C2N=CN=C2C(=O)N1. The van der Waals surface area contributed by atoms with Gasteiger partial charge in [-0.15, -0.1) is 0 Å². The summed E-state index contributed by atoms with van der Waals surface area (Å²) in [6.07, 6.45) is 17.0. The van der Waals surface area contributed by atoms with Gasteiger partial charge in [0.15, 0.2) is 11.5 Å². The minimum Gasteiger partial charge on any atom is -0.466 e. The lowest BCUT2D eigenvalue weighted by molar-refractivity contribution is -0.143. The quantitative estimate of drug-likeness (QED) is 0.200. The van der Waals surface area contributed by atoms with Crippen LogP contribution in [0.25, 0.3) is 0 Å². The number of nitrogens with one attached hydrogen (secondary N) is 2. The van der Waals surface area contributed by atoms with Gasteiger partial charge in [-0.1, -0.05) is 71.1 Å². The highest BCUT2D eigenvalue weighted by molar-refractivity contribution is 6.69. The van der Waals surface area contributed by atoms with Gasteiger partial charge in [-0.3, -0.25) is 14.9 Å². The van der Waals surface area contributed by atoms with Crippen LogP contribution >= 0.6 is 0 Å². The molecule has 33 heavy (non-hydrogen) atoms. The molecule has 0 saturated heterocycles. The summed E-state index contributed by atoms with van der Waals surface area (Å²) in [7, 11) is 0. The molecule has 9 nitrogen and oxygen atoms in total. The predicted octanol–water partition coefficient (Wildman–Crippen LogP) is 3.26. The number of carbonyl (C=O) groups is 2. The second kappa shape index (κ2) is 15.7. The highest BCUT2D eigenvalue weighted by Gasteiger charge is 2.39. The van der Waals surface area contributed by atoms with Crippen LogP contribution in [0, 0.1) is 0 Å². The number of rotatable bonds is 19. The van der Waals surface area contributed by atoms with Gasteiger partial charge in [0.2, 0.25) is 5.79 Å². The monoisotopic (exact) mass is 463 g/mol. The fourth-order valence-electron chi connectivity index (χ4n) is 3.89. The molecule has 9 heteroatoms. The van der Waals surface area contributed by atoms with E-state index in [1.165, 1.54) is 64.1 Å². The molecule has 1 amide bonds. The van der Waals surface area contributed by atoms with Crippen molar-refractivity contribution in [3.8, 4) is 0 Å². The van der Waals surface area contributed by atoms with Gasteiger partial charge < -0.3 is 15.2 Å². The van der Waals surface area contributed by atoms with Gasteiger partial charge in [0.25, 0.3) is 5.91 Å². The Morgan fingerprint density at radius 1 is 1.03 bits per heavy atom. The van der Waals surface area contributed by atoms with Crippen molar-refractivity contribution in [3.63, 3.8) is 0 Å². The topological polar surface area (TPSA) is 125 Å². The number of aliphatic hydroxyl groups excluding tert-OH is 1. The number of amidine groups is 1. The zero-order valence-corrected chi connectivity index (χ0v) is 20.1. The fraction of sp³-hybridized carbons (Fsp3) is 0.792. The molecular weight excluding hydrogens is 422 g/mol. The first-order valence-corrected chi connectivity index (χ1v) is 12.6. The third kappa shape index (κ3) is 10.1. The Morgan fingerprint density at radius 2 is 1.70 bits per heavy atom. The molecule has 2 aliphatic heterocycles. The maximum absolute atomic E-state index is 12.1. The van der Waals surface area contributed by atoms with E-state index in [4.69, 9.17) is 4.74 Å². The Balaban J connectivity index is 1.43. The van der Waals surface area contributed by atoms with E-state index in [9.17, 15) is 14.7 Å². The van der Waals surface area contributed by atoms with Crippen LogP contribution in [0.1, 0.15) is 96.8 Å². The van der Waals surface area contributed by atoms with Gasteiger partial charge in [-0.25, -0.2) is 15.0 Å². The Labute approximate surface area is 197 Å². The van der Waals surface area contributed by atoms with Crippen molar-refractivity contribution in [3.05, 3.63) is 0 Å². The van der Waals surface area contributed by atoms with Crippen LogP contribution in [-0.2, 0) is 14.3 Å². The number of nitrogens with zero attached hydrogens (tertiary/aromatic N) is 3. The second-order valence-electron chi connectivity index (χ2n) is 8.77. The van der Waals surface area contributed by atoms with Crippen LogP contribution in [-0.4, -0.2) is 60.4 Å². The molecule has 0 saturated carbocycles. The number of hydrogen-bond donors (Lipinski definition) is 3. The lowest BCUT2D eigenvalue weighted by Crippen LogP contribution is -2.65. The standard InChI is InChI=1S/C24H41N5O4/c1-2-3-4-5-6-7-8-9-10-11-12-15-20(31)33-17-14-13-16-27-24(18-30)28-22-21(23(32)29-24)25-19-26-22/h19,27,30H,2-18H2,1H3,(H,29,32). The molecule has 0 spiro atoms. The average molecular weight is 464 g/mol. The normalized spacial score (nSPS) is 19.2. The van der Waals surface area contributed by atoms with Gasteiger partial charge in [0, 0.05) is 6.42 Å². The Morgan fingerprint density at radius 3 is 2.36 bits per heavy atom. The third-order valence-corrected chi connectivity index (χ3v) is 5.88. The Kier molecular flexibility index (Phi) is 12.9. The maximum atomic E-state index is 12.1. The van der Waals surface area contributed by atoms with Gasteiger partial charge in [0.1, 0.15) is 12.9 Å². The summed E-state index contributed by atoms with van der Waals surface area (Å²) >= 11 is 0. The second-order valence-corrected chi connectivity index (χ2v) is 8.77. The molecule has 2 aliphatic rings. The van der Waals surface area contributed by atoms with Crippen molar-refractivity contribution in [2.45, 2.75) is 103 Å². The van der Waals surface area contributed by atoms with Gasteiger partial charge in [-0.05, 0) is 25.8 Å². The molecule has 2 heterocycles. The first kappa shape index (κ1) is 27.1. The predicted molar refractivity (Wildman–Crippen MR) is 131 cm³/mol. The summed E-state index contributed by atoms with van der Waals surface area (Å²) < 4.78 is 5.30. The number of hydrogen-bond acceptors (Lipinski definition) is 8. The Bertz CT molecular complexity index is 707. The minimum atomic E-state index is -1.29. The van der Waals surface area contributed by atoms with Gasteiger partial charge >= 0.3 is 5.97 Å². The summed E-state index contributed by atoms with van der Waals surface area (Å²) in [4.78, 5) is 36.0. The number of fused-ring (bicyclic) bond motifs is 1. The molecule has 0 fully saturated rings. The van der Waals surface area contributed by atoms with E-state index in [-0.39, 0.29) is 17.5 Å². The average Bonchev–Trinajstić information content (AvgIpc) is 3.28. The van der Waals surface area contributed by atoms with E-state index in [1.807, 2.05) is 0 Å². The number of ether oxygens (including phenoxy) is 1. The Hall–Kier alpha value is -2.13. The van der Waals surface area contributed by atoms with E-state index in [2.05, 4.69) is 32.5 Å². The molecular formula is C24H41N5O4. The molecule has 0 aromatic carbocycles. The molecule has 0 radical (unpaired) electrons. The van der Waals surface area contributed by atoms with Crippen LogP contribution in [0.15, 0.2) is 15.0 Å². The number of amides is 1. The first-order chi connectivity index (χ1) is 16.1. The molecule has 0 bridgehead atoms. The lowest BCUT2D eigenvalue weighted by Gasteiger charge is -2.33. The molecule has 1 atom stereocenters. The van der Waals surface area contributed by atoms with Crippen molar-refractivity contribution < 1.29 is 19.4 Å². The van der Waals surface area contributed by atoms with E-state index in [0.717, 1.165) is 12.8 Å². The first-order valence-electron chi connectivity index (χ1n) is 12.6. The van der Waals surface area contributed by atoms with Crippen LogP contribution in [0.3, 0.4) is 0 Å². The molecule has 2 rings (SSSR count). The molecule has 1 unspecified atom stereocenters. The van der Waals surface area contributed by atoms with Crippen molar-refractivity contribution in [2.24, 2.45) is 15.0 Å². The van der Waals surface area contributed by atoms with E-state index < -0.39 is 18.3 Å². The van der Waals surface area contributed by atoms with Crippen molar-refractivity contribution in [1.29, 1.82) is 0 Å². The summed E-state index contributed by atoms with van der Waals surface area (Å²) in [5, 5.41) is 15.4. The van der Waals surface area contributed by atoms with E-state index in [1.54, 1.807) is 0 Å². The largest absolute Gasteiger partial charge is 0.466 e. The van der Waals surface area contributed by atoms with Crippen LogP contribution < -0.4 is 10.6 Å². The summed E-state index contributed by atoms with van der Waals surface area (Å²) in [5.74, 6) is -1.63. The minimum absolute atomic E-state index is 0.137. The molecule has 0 aromatic heterocycles. The molecule has 0 aromatic rings. The third-order valence-electron chi connectivity index (χ3n) is 5.88. The summed E-state index contributed by atoms with van der Waals surface area (Å²) in [6.45, 7) is 2.70. The highest BCUT2D eigenvalue weighted by Crippen LogP contribution is 2.13. The molecule has 186 valence electrons. The number of aliphatic imine (C=N–C) groups is 3. The molecule has 3 N–H and O–H groups in total. The van der Waals surface area contributed by atoms with Gasteiger partial charge in [-0.2, -0.15) is 0 Å². The zero-order valence-electron chi connectivity index (χ0n) is 20.1. The van der Waals surface area contributed by atoms with E-state index >= 15 is 0 Å². The highest BCUT2D eigenvalue weighted by atomic mass is 16.5. The fourth-order valence-corrected chi connectivity index (χ4v) is 3.89. The molecule has 0 aliphatic carbocycles. The maximum Gasteiger partial charge on any atom is 0.305 e. The number of unbranched alkanes of at least 4 members (excludes halogenated alkanes) is 11. The lowest BCUT2D eigenvalue weighted by atomic mass is 10.1. The summed E-state index contributed by atoms with van der Waals surface area (Å²) in [6, 6.07) is 0. The zero-order chi connectivity index (χ0) is 23.8. The van der Waals surface area contributed by atoms with Gasteiger partial charge in [0.05, 0.1) is 6.61 Å².